The lowest BCUT2D eigenvalue weighted by molar-refractivity contribution is 0.307. The maximum atomic E-state index is 6.36. The molecule has 7 heteroatoms. The Morgan fingerprint density at radius 3 is 2.92 bits per heavy atom. The number of fused-ring (bicyclic) bond motifs is 1. The number of halogens is 2. The molecule has 1 aromatic carbocycles. The van der Waals surface area contributed by atoms with Crippen molar-refractivity contribution in [1.29, 1.82) is 0 Å². The summed E-state index contributed by atoms with van der Waals surface area (Å²) in [6.45, 7) is 3.17. The van der Waals surface area contributed by atoms with E-state index in [0.717, 1.165) is 33.2 Å². The molecule has 0 aliphatic carbocycles. The molecule has 0 spiro atoms. The fourth-order valence-corrected chi connectivity index (χ4v) is 5.56. The Bertz CT molecular complexity index is 833. The summed E-state index contributed by atoms with van der Waals surface area (Å²) in [5.41, 5.74) is 1.99. The second-order valence-electron chi connectivity index (χ2n) is 6.15. The van der Waals surface area contributed by atoms with Crippen LogP contribution in [0.25, 0.3) is 0 Å². The van der Waals surface area contributed by atoms with Crippen LogP contribution in [0.3, 0.4) is 0 Å². The smallest absolute Gasteiger partial charge is 0.160 e. The summed E-state index contributed by atoms with van der Waals surface area (Å²) in [5, 5.41) is 2.27. The van der Waals surface area contributed by atoms with Crippen molar-refractivity contribution in [2.24, 2.45) is 4.99 Å². The van der Waals surface area contributed by atoms with Gasteiger partial charge in [-0.05, 0) is 40.2 Å². The van der Waals surface area contributed by atoms with Crippen molar-refractivity contribution < 1.29 is 4.74 Å². The monoisotopic (exact) mass is 437 g/mol. The number of aromatic nitrogens is 1. The van der Waals surface area contributed by atoms with Crippen LogP contribution in [0.4, 0.5) is 0 Å². The normalized spacial score (nSPS) is 25.0. The summed E-state index contributed by atoms with van der Waals surface area (Å²) < 4.78 is 6.55. The zero-order chi connectivity index (χ0) is 17.6. The molecule has 4 rings (SSSR count). The number of amidine groups is 1. The van der Waals surface area contributed by atoms with E-state index in [0.29, 0.717) is 10.3 Å². The van der Waals surface area contributed by atoms with Crippen LogP contribution in [0.1, 0.15) is 30.3 Å². The van der Waals surface area contributed by atoms with Gasteiger partial charge >= 0.3 is 0 Å². The highest BCUT2D eigenvalue weighted by Crippen LogP contribution is 2.51. The average molecular weight is 439 g/mol. The number of nitrogens with zero attached hydrogens (tertiary/aromatic N) is 3. The first-order valence-corrected chi connectivity index (χ1v) is 10.1. The van der Waals surface area contributed by atoms with E-state index in [1.54, 1.807) is 7.11 Å². The molecule has 0 amide bonds. The van der Waals surface area contributed by atoms with E-state index in [1.165, 1.54) is 0 Å². The molecule has 130 valence electrons. The first kappa shape index (κ1) is 17.2. The molecule has 3 atom stereocenters. The number of hydrogen-bond donors (Lipinski definition) is 0. The number of pyridine rings is 1. The zero-order valence-electron chi connectivity index (χ0n) is 13.8. The molecule has 0 unspecified atom stereocenters. The summed E-state index contributed by atoms with van der Waals surface area (Å²) in [4.78, 5) is 11.9. The third kappa shape index (κ3) is 3.04. The molecular weight excluding hydrogens is 422 g/mol. The van der Waals surface area contributed by atoms with Crippen molar-refractivity contribution in [3.63, 3.8) is 0 Å². The van der Waals surface area contributed by atoms with E-state index >= 15 is 0 Å². The first-order chi connectivity index (χ1) is 12.1. The van der Waals surface area contributed by atoms with Crippen LogP contribution in [0.15, 0.2) is 46.0 Å². The van der Waals surface area contributed by atoms with Crippen LogP contribution in [-0.4, -0.2) is 34.0 Å². The Balaban J connectivity index is 1.86. The van der Waals surface area contributed by atoms with Gasteiger partial charge < -0.3 is 9.64 Å². The van der Waals surface area contributed by atoms with Gasteiger partial charge in [0, 0.05) is 28.6 Å². The molecule has 25 heavy (non-hydrogen) atoms. The van der Waals surface area contributed by atoms with Crippen LogP contribution in [0, 0.1) is 0 Å². The molecule has 0 saturated carbocycles. The van der Waals surface area contributed by atoms with Gasteiger partial charge in [-0.2, -0.15) is 0 Å². The number of methoxy groups -OCH3 is 1. The summed E-state index contributed by atoms with van der Waals surface area (Å²) in [5.74, 6) is 0.802. The molecule has 0 radical (unpaired) electrons. The van der Waals surface area contributed by atoms with Crippen molar-refractivity contribution in [3.05, 3.63) is 57.3 Å². The van der Waals surface area contributed by atoms with Crippen molar-refractivity contribution in [1.82, 2.24) is 9.88 Å². The lowest BCUT2D eigenvalue weighted by Crippen LogP contribution is -2.29. The highest BCUT2D eigenvalue weighted by atomic mass is 79.9. The lowest BCUT2D eigenvalue weighted by atomic mass is 9.95. The quantitative estimate of drug-likeness (QED) is 0.668. The summed E-state index contributed by atoms with van der Waals surface area (Å²) in [7, 11) is 1.69. The largest absolute Gasteiger partial charge is 0.495 e. The molecule has 1 aromatic heterocycles. The van der Waals surface area contributed by atoms with Gasteiger partial charge in [0.05, 0.1) is 23.3 Å². The second-order valence-corrected chi connectivity index (χ2v) is 8.84. The molecule has 3 heterocycles. The van der Waals surface area contributed by atoms with E-state index in [1.807, 2.05) is 48.3 Å². The summed E-state index contributed by atoms with van der Waals surface area (Å²) in [6.07, 6.45) is 1.82. The Kier molecular flexibility index (Phi) is 4.69. The van der Waals surface area contributed by atoms with Crippen LogP contribution in [0.2, 0.25) is 5.02 Å². The van der Waals surface area contributed by atoms with Gasteiger partial charge in [0.1, 0.15) is 11.8 Å². The zero-order valence-corrected chi connectivity index (χ0v) is 17.0. The standard InChI is InChI=1S/C18H17BrClN3OS/c1-10-9-23-16(12-7-11(20)8-13(19)17(12)24-2)15(22-18(23)25-10)14-5-3-4-6-21-14/h3-8,10,15-16H,9H2,1-2H3/t10-,15-,16+/m0/s1. The number of rotatable bonds is 3. The predicted octanol–water partition coefficient (Wildman–Crippen LogP) is 5.10. The number of thioether (sulfide) groups is 1. The Morgan fingerprint density at radius 1 is 1.36 bits per heavy atom. The third-order valence-corrected chi connectivity index (χ3v) is 6.35. The minimum atomic E-state index is -0.0736. The van der Waals surface area contributed by atoms with Crippen molar-refractivity contribution in [2.45, 2.75) is 24.3 Å². The Labute approximate surface area is 164 Å². The van der Waals surface area contributed by atoms with E-state index in [-0.39, 0.29) is 12.1 Å². The fraction of sp³-hybridized carbons (Fsp3) is 0.333. The molecule has 2 aromatic rings. The van der Waals surface area contributed by atoms with Crippen molar-refractivity contribution in [2.75, 3.05) is 13.7 Å². The lowest BCUT2D eigenvalue weighted by Gasteiger charge is -2.29. The SMILES string of the molecule is COc1c(Br)cc(Cl)cc1[C@@H]1[C@H](c2ccccn2)N=C2S[C@@H](C)CN21. The number of aliphatic imine (C=N–C) groups is 1. The maximum Gasteiger partial charge on any atom is 0.160 e. The topological polar surface area (TPSA) is 37.7 Å². The molecule has 2 aliphatic rings. The molecule has 4 nitrogen and oxygen atoms in total. The molecular formula is C18H17BrClN3OS. The molecule has 2 aliphatic heterocycles. The van der Waals surface area contributed by atoms with Gasteiger partial charge in [-0.1, -0.05) is 36.4 Å². The van der Waals surface area contributed by atoms with Gasteiger partial charge in [0.2, 0.25) is 0 Å². The fourth-order valence-electron chi connectivity index (χ4n) is 3.47. The van der Waals surface area contributed by atoms with Crippen LogP contribution in [0.5, 0.6) is 5.75 Å². The molecule has 0 N–H and O–H groups in total. The van der Waals surface area contributed by atoms with Gasteiger partial charge in [0.15, 0.2) is 5.17 Å². The second kappa shape index (κ2) is 6.82. The Morgan fingerprint density at radius 2 is 2.20 bits per heavy atom. The van der Waals surface area contributed by atoms with E-state index in [4.69, 9.17) is 21.3 Å². The predicted molar refractivity (Wildman–Crippen MR) is 107 cm³/mol. The van der Waals surface area contributed by atoms with Crippen LogP contribution >= 0.6 is 39.3 Å². The number of benzene rings is 1. The number of hydrogen-bond acceptors (Lipinski definition) is 5. The molecule has 1 fully saturated rings. The van der Waals surface area contributed by atoms with E-state index in [2.05, 4.69) is 32.7 Å². The summed E-state index contributed by atoms with van der Waals surface area (Å²) >= 11 is 11.8. The molecule has 0 bridgehead atoms. The van der Waals surface area contributed by atoms with Crippen molar-refractivity contribution in [3.8, 4) is 5.75 Å². The van der Waals surface area contributed by atoms with Crippen LogP contribution in [-0.2, 0) is 0 Å². The van der Waals surface area contributed by atoms with Crippen molar-refractivity contribution >= 4 is 44.5 Å². The van der Waals surface area contributed by atoms with Crippen LogP contribution < -0.4 is 4.74 Å². The minimum absolute atomic E-state index is 0.0206. The molecule has 1 saturated heterocycles. The first-order valence-electron chi connectivity index (χ1n) is 8.03. The maximum absolute atomic E-state index is 6.36. The highest BCUT2D eigenvalue weighted by molar-refractivity contribution is 9.10. The minimum Gasteiger partial charge on any atom is -0.495 e. The van der Waals surface area contributed by atoms with Gasteiger partial charge in [-0.25, -0.2) is 0 Å². The Hall–Kier alpha value is -1.24. The van der Waals surface area contributed by atoms with Gasteiger partial charge in [-0.15, -0.1) is 0 Å². The third-order valence-electron chi connectivity index (χ3n) is 4.44. The average Bonchev–Trinajstić information content (AvgIpc) is 3.10. The van der Waals surface area contributed by atoms with Gasteiger partial charge in [-0.3, -0.25) is 9.98 Å². The number of ether oxygens (including phenoxy) is 1. The summed E-state index contributed by atoms with van der Waals surface area (Å²) in [6, 6.07) is 9.75. The van der Waals surface area contributed by atoms with Gasteiger partial charge in [0.25, 0.3) is 0 Å². The van der Waals surface area contributed by atoms with E-state index < -0.39 is 0 Å². The highest BCUT2D eigenvalue weighted by Gasteiger charge is 2.44. The van der Waals surface area contributed by atoms with E-state index in [9.17, 15) is 0 Å².